The first-order valence-corrected chi connectivity index (χ1v) is 8.76. The number of carbonyl (C=O) groups excluding carboxylic acids is 2. The summed E-state index contributed by atoms with van der Waals surface area (Å²) < 4.78 is 10.7. The summed E-state index contributed by atoms with van der Waals surface area (Å²) in [6, 6.07) is 16.9. The van der Waals surface area contributed by atoms with Gasteiger partial charge in [-0.1, -0.05) is 42.5 Å². The van der Waals surface area contributed by atoms with Crippen molar-refractivity contribution in [1.82, 2.24) is 4.90 Å². The number of methoxy groups -OCH3 is 1. The Hall–Kier alpha value is -2.82. The van der Waals surface area contributed by atoms with Crippen LogP contribution in [0.4, 0.5) is 0 Å². The Labute approximate surface area is 153 Å². The lowest BCUT2D eigenvalue weighted by molar-refractivity contribution is -0.150. The van der Waals surface area contributed by atoms with E-state index >= 15 is 0 Å². The molecule has 0 spiro atoms. The van der Waals surface area contributed by atoms with Crippen molar-refractivity contribution in [3.05, 3.63) is 65.7 Å². The van der Waals surface area contributed by atoms with Crippen molar-refractivity contribution < 1.29 is 19.1 Å². The molecule has 3 rings (SSSR count). The number of rotatable bonds is 6. The average molecular weight is 353 g/mol. The predicted molar refractivity (Wildman–Crippen MR) is 97.5 cm³/mol. The lowest BCUT2D eigenvalue weighted by Gasteiger charge is -2.30. The first-order valence-electron chi connectivity index (χ1n) is 8.76. The number of ether oxygens (including phenoxy) is 2. The molecular formula is C21H23NO4. The van der Waals surface area contributed by atoms with Gasteiger partial charge in [0.15, 0.2) is 0 Å². The summed E-state index contributed by atoms with van der Waals surface area (Å²) in [7, 11) is 1.35. The molecule has 1 fully saturated rings. The molecule has 2 aromatic rings. The smallest absolute Gasteiger partial charge is 0.328 e. The molecule has 1 saturated heterocycles. The van der Waals surface area contributed by atoms with Gasteiger partial charge in [-0.2, -0.15) is 0 Å². The summed E-state index contributed by atoms with van der Waals surface area (Å²) >= 11 is 0. The molecule has 26 heavy (non-hydrogen) atoms. The van der Waals surface area contributed by atoms with E-state index < -0.39 is 6.04 Å². The zero-order valence-electron chi connectivity index (χ0n) is 15.1. The van der Waals surface area contributed by atoms with Gasteiger partial charge in [-0.05, 0) is 36.6 Å². The third-order valence-electron chi connectivity index (χ3n) is 4.73. The molecule has 5 heteroatoms. The Morgan fingerprint density at radius 3 is 2.69 bits per heavy atom. The minimum atomic E-state index is -0.517. The lowest BCUT2D eigenvalue weighted by atomic mass is 10.1. The van der Waals surface area contributed by atoms with Crippen molar-refractivity contribution in [1.29, 1.82) is 0 Å². The second kappa shape index (κ2) is 8.04. The van der Waals surface area contributed by atoms with Crippen LogP contribution in [-0.2, 0) is 20.9 Å². The van der Waals surface area contributed by atoms with E-state index in [1.807, 2.05) is 61.5 Å². The van der Waals surface area contributed by atoms with Gasteiger partial charge in [0.2, 0.25) is 5.91 Å². The second-order valence-electron chi connectivity index (χ2n) is 6.40. The van der Waals surface area contributed by atoms with Gasteiger partial charge in [-0.3, -0.25) is 4.79 Å². The molecule has 1 aliphatic rings. The first kappa shape index (κ1) is 18.0. The molecule has 136 valence electrons. The summed E-state index contributed by atoms with van der Waals surface area (Å²) in [6.07, 6.45) is 0.869. The van der Waals surface area contributed by atoms with Crippen LogP contribution in [0, 0.1) is 0 Å². The van der Waals surface area contributed by atoms with Crippen molar-refractivity contribution in [2.45, 2.75) is 38.5 Å². The largest absolute Gasteiger partial charge is 0.489 e. The SMILES string of the molecule is COC(=O)C1CCC(=O)N1C(C)c1cccc(OCc2ccccc2)c1. The molecule has 0 aromatic heterocycles. The lowest BCUT2D eigenvalue weighted by Crippen LogP contribution is -2.40. The number of nitrogens with zero attached hydrogens (tertiary/aromatic N) is 1. The van der Waals surface area contributed by atoms with E-state index in [2.05, 4.69) is 0 Å². The predicted octanol–water partition coefficient (Wildman–Crippen LogP) is 3.49. The standard InChI is InChI=1S/C21H23NO4/c1-15(22-19(21(24)25-2)11-12-20(22)23)17-9-6-10-18(13-17)26-14-16-7-4-3-5-8-16/h3-10,13,15,19H,11-12,14H2,1-2H3. The Balaban J connectivity index is 1.74. The van der Waals surface area contributed by atoms with Crippen LogP contribution in [0.25, 0.3) is 0 Å². The monoisotopic (exact) mass is 353 g/mol. The van der Waals surface area contributed by atoms with Crippen LogP contribution in [0.5, 0.6) is 5.75 Å². The Morgan fingerprint density at radius 2 is 1.96 bits per heavy atom. The number of esters is 1. The van der Waals surface area contributed by atoms with E-state index in [9.17, 15) is 9.59 Å². The Morgan fingerprint density at radius 1 is 1.19 bits per heavy atom. The highest BCUT2D eigenvalue weighted by Crippen LogP contribution is 2.32. The van der Waals surface area contributed by atoms with Crippen LogP contribution in [0.15, 0.2) is 54.6 Å². The third-order valence-corrected chi connectivity index (χ3v) is 4.73. The van der Waals surface area contributed by atoms with Crippen LogP contribution >= 0.6 is 0 Å². The maximum absolute atomic E-state index is 12.3. The number of benzene rings is 2. The molecule has 5 nitrogen and oxygen atoms in total. The third kappa shape index (κ3) is 3.87. The molecule has 1 amide bonds. The summed E-state index contributed by atoms with van der Waals surface area (Å²) in [5, 5.41) is 0. The second-order valence-corrected chi connectivity index (χ2v) is 6.40. The fourth-order valence-corrected chi connectivity index (χ4v) is 3.32. The van der Waals surface area contributed by atoms with Gasteiger partial charge in [0, 0.05) is 6.42 Å². The normalized spacial score (nSPS) is 17.8. The Kier molecular flexibility index (Phi) is 5.56. The summed E-state index contributed by atoms with van der Waals surface area (Å²) in [5.41, 5.74) is 2.02. The van der Waals surface area contributed by atoms with Crippen LogP contribution in [0.3, 0.4) is 0 Å². The highest BCUT2D eigenvalue weighted by Gasteiger charge is 2.39. The molecule has 0 aliphatic carbocycles. The zero-order valence-corrected chi connectivity index (χ0v) is 15.1. The van der Waals surface area contributed by atoms with E-state index in [0.717, 1.165) is 16.9 Å². The van der Waals surface area contributed by atoms with E-state index in [-0.39, 0.29) is 17.9 Å². The van der Waals surface area contributed by atoms with Crippen LogP contribution < -0.4 is 4.74 Å². The zero-order chi connectivity index (χ0) is 18.5. The van der Waals surface area contributed by atoms with Crippen LogP contribution in [0.2, 0.25) is 0 Å². The highest BCUT2D eigenvalue weighted by atomic mass is 16.5. The van der Waals surface area contributed by atoms with E-state index in [0.29, 0.717) is 19.4 Å². The van der Waals surface area contributed by atoms with E-state index in [1.165, 1.54) is 7.11 Å². The average Bonchev–Trinajstić information content (AvgIpc) is 3.07. The number of hydrogen-bond donors (Lipinski definition) is 0. The molecule has 0 radical (unpaired) electrons. The van der Waals surface area contributed by atoms with Crippen LogP contribution in [-0.4, -0.2) is 29.9 Å². The molecule has 0 saturated carbocycles. The van der Waals surface area contributed by atoms with Gasteiger partial charge < -0.3 is 14.4 Å². The van der Waals surface area contributed by atoms with Gasteiger partial charge in [0.1, 0.15) is 18.4 Å². The van der Waals surface area contributed by atoms with Crippen molar-refractivity contribution in [3.63, 3.8) is 0 Å². The summed E-state index contributed by atoms with van der Waals surface area (Å²) in [5.74, 6) is 0.349. The fraction of sp³-hybridized carbons (Fsp3) is 0.333. The molecule has 1 heterocycles. The van der Waals surface area contributed by atoms with Crippen LogP contribution in [0.1, 0.15) is 36.9 Å². The molecule has 2 aromatic carbocycles. The van der Waals surface area contributed by atoms with Gasteiger partial charge in [-0.15, -0.1) is 0 Å². The summed E-state index contributed by atoms with van der Waals surface area (Å²) in [6.45, 7) is 2.40. The van der Waals surface area contributed by atoms with Gasteiger partial charge in [-0.25, -0.2) is 4.79 Å². The number of likely N-dealkylation sites (tertiary alicyclic amines) is 1. The Bertz CT molecular complexity index is 775. The number of carbonyl (C=O) groups is 2. The van der Waals surface area contributed by atoms with Crippen molar-refractivity contribution in [2.24, 2.45) is 0 Å². The number of amides is 1. The molecule has 0 bridgehead atoms. The van der Waals surface area contributed by atoms with Gasteiger partial charge in [0.25, 0.3) is 0 Å². The topological polar surface area (TPSA) is 55.8 Å². The molecular weight excluding hydrogens is 330 g/mol. The van der Waals surface area contributed by atoms with Crippen molar-refractivity contribution >= 4 is 11.9 Å². The molecule has 2 unspecified atom stereocenters. The van der Waals surface area contributed by atoms with Gasteiger partial charge >= 0.3 is 5.97 Å². The molecule has 2 atom stereocenters. The van der Waals surface area contributed by atoms with E-state index in [4.69, 9.17) is 9.47 Å². The fourth-order valence-electron chi connectivity index (χ4n) is 3.32. The minimum Gasteiger partial charge on any atom is -0.489 e. The minimum absolute atomic E-state index is 0.0245. The van der Waals surface area contributed by atoms with Crippen molar-refractivity contribution in [2.75, 3.05) is 7.11 Å². The van der Waals surface area contributed by atoms with Crippen molar-refractivity contribution in [3.8, 4) is 5.75 Å². The van der Waals surface area contributed by atoms with Gasteiger partial charge in [0.05, 0.1) is 13.2 Å². The maximum Gasteiger partial charge on any atom is 0.328 e. The first-order chi connectivity index (χ1) is 12.6. The maximum atomic E-state index is 12.3. The molecule has 1 aliphatic heterocycles. The number of hydrogen-bond acceptors (Lipinski definition) is 4. The summed E-state index contributed by atoms with van der Waals surface area (Å²) in [4.78, 5) is 25.9. The highest BCUT2D eigenvalue weighted by molar-refractivity contribution is 5.88. The molecule has 0 N–H and O–H groups in total. The quantitative estimate of drug-likeness (QED) is 0.746. The van der Waals surface area contributed by atoms with E-state index in [1.54, 1.807) is 4.90 Å².